The van der Waals surface area contributed by atoms with Crippen molar-refractivity contribution in [2.75, 3.05) is 11.1 Å². The molecule has 0 fully saturated rings. The van der Waals surface area contributed by atoms with E-state index in [9.17, 15) is 4.39 Å². The Bertz CT molecular complexity index is 539. The molecule has 2 rings (SSSR count). The lowest BCUT2D eigenvalue weighted by molar-refractivity contribution is 0.629. The first-order chi connectivity index (χ1) is 8.08. The minimum atomic E-state index is -0.498. The van der Waals surface area contributed by atoms with Gasteiger partial charge >= 0.3 is 0 Å². The van der Waals surface area contributed by atoms with Crippen LogP contribution in [-0.4, -0.2) is 0 Å². The minimum absolute atomic E-state index is 0.0737. The standard InChI is InChI=1S/C12H12ClFN2S/c1-7-2-3-17-12(7)6-16-11-4-8(13)9(14)5-10(11)15/h2-5,16H,6,15H2,1H3. The second-order valence-electron chi connectivity index (χ2n) is 3.73. The Balaban J connectivity index is 2.14. The Labute approximate surface area is 108 Å². The summed E-state index contributed by atoms with van der Waals surface area (Å²) in [5.74, 6) is -0.498. The Hall–Kier alpha value is -1.26. The topological polar surface area (TPSA) is 38.0 Å². The zero-order valence-electron chi connectivity index (χ0n) is 9.26. The predicted molar refractivity (Wildman–Crippen MR) is 72.2 cm³/mol. The molecular formula is C12H12ClFN2S. The van der Waals surface area contributed by atoms with Crippen molar-refractivity contribution in [3.63, 3.8) is 0 Å². The minimum Gasteiger partial charge on any atom is -0.397 e. The molecule has 90 valence electrons. The summed E-state index contributed by atoms with van der Waals surface area (Å²) in [6.45, 7) is 2.71. The number of hydrogen-bond donors (Lipinski definition) is 2. The van der Waals surface area contributed by atoms with E-state index in [1.54, 1.807) is 11.3 Å². The van der Waals surface area contributed by atoms with Gasteiger partial charge in [-0.05, 0) is 30.0 Å². The molecule has 0 aliphatic carbocycles. The Morgan fingerprint density at radius 1 is 1.47 bits per heavy atom. The highest BCUT2D eigenvalue weighted by Gasteiger charge is 2.07. The molecule has 0 unspecified atom stereocenters. The first-order valence-electron chi connectivity index (χ1n) is 5.09. The van der Waals surface area contributed by atoms with Gasteiger partial charge in [0.05, 0.1) is 16.4 Å². The molecular weight excluding hydrogens is 259 g/mol. The molecule has 0 atom stereocenters. The van der Waals surface area contributed by atoms with Gasteiger partial charge in [0.15, 0.2) is 0 Å². The lowest BCUT2D eigenvalue weighted by atomic mass is 10.2. The summed E-state index contributed by atoms with van der Waals surface area (Å²) in [6.07, 6.45) is 0. The van der Waals surface area contributed by atoms with Crippen molar-refractivity contribution in [1.82, 2.24) is 0 Å². The van der Waals surface area contributed by atoms with Gasteiger partial charge in [-0.2, -0.15) is 0 Å². The summed E-state index contributed by atoms with van der Waals surface area (Å²) in [4.78, 5) is 1.23. The molecule has 0 amide bonds. The summed E-state index contributed by atoms with van der Waals surface area (Å²) in [5.41, 5.74) is 7.96. The lowest BCUT2D eigenvalue weighted by Crippen LogP contribution is -2.02. The largest absolute Gasteiger partial charge is 0.397 e. The molecule has 0 radical (unpaired) electrons. The highest BCUT2D eigenvalue weighted by molar-refractivity contribution is 7.10. The van der Waals surface area contributed by atoms with E-state index < -0.39 is 5.82 Å². The zero-order chi connectivity index (χ0) is 12.4. The Morgan fingerprint density at radius 2 is 2.24 bits per heavy atom. The maximum absolute atomic E-state index is 13.1. The van der Waals surface area contributed by atoms with Crippen molar-refractivity contribution in [1.29, 1.82) is 0 Å². The molecule has 0 bridgehead atoms. The quantitative estimate of drug-likeness (QED) is 0.826. The van der Waals surface area contributed by atoms with Gasteiger partial charge in [0, 0.05) is 17.5 Å². The normalized spacial score (nSPS) is 10.5. The van der Waals surface area contributed by atoms with Crippen molar-refractivity contribution >= 4 is 34.3 Å². The highest BCUT2D eigenvalue weighted by Crippen LogP contribution is 2.27. The Kier molecular flexibility index (Phi) is 3.54. The van der Waals surface area contributed by atoms with Crippen LogP contribution in [0.4, 0.5) is 15.8 Å². The summed E-state index contributed by atoms with van der Waals surface area (Å²) in [5, 5.41) is 5.27. The van der Waals surface area contributed by atoms with Crippen LogP contribution in [0.2, 0.25) is 5.02 Å². The van der Waals surface area contributed by atoms with Crippen molar-refractivity contribution in [2.45, 2.75) is 13.5 Å². The van der Waals surface area contributed by atoms with Gasteiger partial charge in [0.1, 0.15) is 5.82 Å². The number of nitrogens with one attached hydrogen (secondary N) is 1. The second kappa shape index (κ2) is 4.94. The summed E-state index contributed by atoms with van der Waals surface area (Å²) >= 11 is 7.38. The third-order valence-corrected chi connectivity index (χ3v) is 3.81. The van der Waals surface area contributed by atoms with E-state index in [2.05, 4.69) is 18.3 Å². The molecule has 1 heterocycles. The number of thiophene rings is 1. The Morgan fingerprint density at radius 3 is 2.88 bits per heavy atom. The van der Waals surface area contributed by atoms with Gasteiger partial charge in [-0.1, -0.05) is 11.6 Å². The number of nitrogen functional groups attached to an aromatic ring is 1. The van der Waals surface area contributed by atoms with E-state index in [-0.39, 0.29) is 5.02 Å². The van der Waals surface area contributed by atoms with Gasteiger partial charge in [-0.15, -0.1) is 11.3 Å². The van der Waals surface area contributed by atoms with Crippen LogP contribution in [0.25, 0.3) is 0 Å². The van der Waals surface area contributed by atoms with E-state index in [0.717, 1.165) is 0 Å². The molecule has 2 nitrogen and oxygen atoms in total. The molecule has 17 heavy (non-hydrogen) atoms. The monoisotopic (exact) mass is 270 g/mol. The molecule has 0 saturated carbocycles. The third kappa shape index (κ3) is 2.70. The highest BCUT2D eigenvalue weighted by atomic mass is 35.5. The fourth-order valence-electron chi connectivity index (χ4n) is 1.48. The van der Waals surface area contributed by atoms with Crippen molar-refractivity contribution in [3.8, 4) is 0 Å². The molecule has 2 aromatic rings. The van der Waals surface area contributed by atoms with E-state index in [0.29, 0.717) is 17.9 Å². The van der Waals surface area contributed by atoms with Crippen LogP contribution in [-0.2, 0) is 6.54 Å². The third-order valence-electron chi connectivity index (χ3n) is 2.50. The van der Waals surface area contributed by atoms with E-state index in [1.165, 1.54) is 22.6 Å². The van der Waals surface area contributed by atoms with E-state index in [1.807, 2.05) is 5.38 Å². The lowest BCUT2D eigenvalue weighted by Gasteiger charge is -2.10. The van der Waals surface area contributed by atoms with Crippen LogP contribution in [0, 0.1) is 12.7 Å². The molecule has 0 aliphatic heterocycles. The van der Waals surface area contributed by atoms with Gasteiger partial charge in [0.2, 0.25) is 0 Å². The SMILES string of the molecule is Cc1ccsc1CNc1cc(Cl)c(F)cc1N. The predicted octanol–water partition coefficient (Wildman–Crippen LogP) is 4.04. The molecule has 3 N–H and O–H groups in total. The molecule has 0 saturated heterocycles. The molecule has 1 aromatic heterocycles. The first-order valence-corrected chi connectivity index (χ1v) is 6.35. The number of nitrogens with two attached hydrogens (primary N) is 1. The van der Waals surface area contributed by atoms with Crippen LogP contribution >= 0.6 is 22.9 Å². The molecule has 0 spiro atoms. The van der Waals surface area contributed by atoms with Crippen LogP contribution in [0.3, 0.4) is 0 Å². The van der Waals surface area contributed by atoms with Crippen LogP contribution in [0.5, 0.6) is 0 Å². The van der Waals surface area contributed by atoms with Crippen molar-refractivity contribution < 1.29 is 4.39 Å². The zero-order valence-corrected chi connectivity index (χ0v) is 10.8. The van der Waals surface area contributed by atoms with E-state index >= 15 is 0 Å². The smallest absolute Gasteiger partial charge is 0.143 e. The maximum atomic E-state index is 13.1. The van der Waals surface area contributed by atoms with Gasteiger partial charge in [-0.3, -0.25) is 0 Å². The van der Waals surface area contributed by atoms with E-state index in [4.69, 9.17) is 17.3 Å². The van der Waals surface area contributed by atoms with Gasteiger partial charge in [0.25, 0.3) is 0 Å². The number of benzene rings is 1. The fourth-order valence-corrected chi connectivity index (χ4v) is 2.49. The molecule has 0 aliphatic rings. The molecule has 1 aromatic carbocycles. The first kappa shape index (κ1) is 12.2. The van der Waals surface area contributed by atoms with Crippen LogP contribution in [0.1, 0.15) is 10.4 Å². The number of anilines is 2. The number of rotatable bonds is 3. The maximum Gasteiger partial charge on any atom is 0.143 e. The number of aryl methyl sites for hydroxylation is 1. The average molecular weight is 271 g/mol. The summed E-state index contributed by atoms with van der Waals surface area (Å²) < 4.78 is 13.1. The molecule has 5 heteroatoms. The van der Waals surface area contributed by atoms with Gasteiger partial charge in [-0.25, -0.2) is 4.39 Å². The van der Waals surface area contributed by atoms with Crippen LogP contribution in [0.15, 0.2) is 23.6 Å². The summed E-state index contributed by atoms with van der Waals surface area (Å²) in [6, 6.07) is 4.80. The van der Waals surface area contributed by atoms with Crippen molar-refractivity contribution in [2.24, 2.45) is 0 Å². The van der Waals surface area contributed by atoms with Crippen LogP contribution < -0.4 is 11.1 Å². The van der Waals surface area contributed by atoms with Gasteiger partial charge < -0.3 is 11.1 Å². The van der Waals surface area contributed by atoms with Crippen molar-refractivity contribution in [3.05, 3.63) is 44.9 Å². The average Bonchev–Trinajstić information content (AvgIpc) is 2.68. The number of halogens is 2. The second-order valence-corrected chi connectivity index (χ2v) is 5.14. The fraction of sp³-hybridized carbons (Fsp3) is 0.167. The number of hydrogen-bond acceptors (Lipinski definition) is 3. The summed E-state index contributed by atoms with van der Waals surface area (Å²) in [7, 11) is 0.